The van der Waals surface area contributed by atoms with Gasteiger partial charge in [0.25, 0.3) is 5.82 Å². The third-order valence-electron chi connectivity index (χ3n) is 2.10. The largest absolute Gasteiger partial charge is 0.453 e. The second-order valence-electron chi connectivity index (χ2n) is 3.51. The first-order chi connectivity index (χ1) is 9.70. The highest BCUT2D eigenvalue weighted by Gasteiger charge is 2.38. The lowest BCUT2D eigenvalue weighted by atomic mass is 10.4. The van der Waals surface area contributed by atoms with Crippen molar-refractivity contribution in [3.05, 3.63) is 32.7 Å². The molecule has 0 atom stereocenters. The maximum atomic E-state index is 12.5. The van der Waals surface area contributed by atoms with Gasteiger partial charge < -0.3 is 5.84 Å². The van der Waals surface area contributed by atoms with Crippen molar-refractivity contribution in [3.8, 4) is 0 Å². The van der Waals surface area contributed by atoms with Crippen LogP contribution >= 0.6 is 27.7 Å². The van der Waals surface area contributed by atoms with Crippen LogP contribution in [-0.2, 0) is 6.18 Å². The van der Waals surface area contributed by atoms with Gasteiger partial charge in [-0.25, -0.2) is 9.66 Å². The van der Waals surface area contributed by atoms with Crippen molar-refractivity contribution in [1.29, 1.82) is 0 Å². The van der Waals surface area contributed by atoms with Gasteiger partial charge in [0, 0.05) is 16.7 Å². The number of nitro groups is 1. The molecule has 0 radical (unpaired) electrons. The maximum absolute atomic E-state index is 12.5. The number of alkyl halides is 3. The van der Waals surface area contributed by atoms with Crippen LogP contribution in [0.3, 0.4) is 0 Å². The Balaban J connectivity index is 2.40. The van der Waals surface area contributed by atoms with E-state index in [9.17, 15) is 23.3 Å². The molecule has 112 valence electrons. The third-order valence-corrected chi connectivity index (χ3v) is 3.50. The van der Waals surface area contributed by atoms with Gasteiger partial charge in [0.15, 0.2) is 5.03 Å². The Labute approximate surface area is 126 Å². The Kier molecular flexibility index (Phi) is 4.04. The predicted molar refractivity (Wildman–Crippen MR) is 67.9 cm³/mol. The fourth-order valence-corrected chi connectivity index (χ4v) is 2.35. The second kappa shape index (κ2) is 5.48. The molecule has 0 aliphatic carbocycles. The Morgan fingerprint density at radius 3 is 2.62 bits per heavy atom. The minimum atomic E-state index is -4.78. The average Bonchev–Trinajstić information content (AvgIpc) is 2.72. The highest BCUT2D eigenvalue weighted by Crippen LogP contribution is 2.35. The monoisotopic (exact) mass is 384 g/mol. The van der Waals surface area contributed by atoms with E-state index in [4.69, 9.17) is 5.84 Å². The van der Waals surface area contributed by atoms with Crippen LogP contribution in [0.4, 0.5) is 18.9 Å². The van der Waals surface area contributed by atoms with E-state index in [2.05, 4.69) is 31.1 Å². The zero-order valence-corrected chi connectivity index (χ0v) is 12.1. The molecule has 2 N–H and O–H groups in total. The van der Waals surface area contributed by atoms with Gasteiger partial charge in [-0.3, -0.25) is 10.1 Å². The summed E-state index contributed by atoms with van der Waals surface area (Å²) >= 11 is 3.52. The summed E-state index contributed by atoms with van der Waals surface area (Å²) in [5.41, 5.74) is -0.397. The van der Waals surface area contributed by atoms with Crippen LogP contribution in [0.5, 0.6) is 0 Å². The molecule has 0 saturated heterocycles. The summed E-state index contributed by atoms with van der Waals surface area (Å²) in [6.07, 6.45) is -3.52. The standard InChI is InChI=1S/C8H4BrF3N6O2S/c9-3-1-4(18(19)20)5(14-2-3)21-7-16-15-6(17(7)13)8(10,11)12/h1-2H,13H2. The van der Waals surface area contributed by atoms with E-state index in [1.807, 2.05) is 0 Å². The van der Waals surface area contributed by atoms with E-state index in [0.29, 0.717) is 16.2 Å². The van der Waals surface area contributed by atoms with Crippen LogP contribution in [0.1, 0.15) is 5.82 Å². The lowest BCUT2D eigenvalue weighted by Crippen LogP contribution is -2.21. The summed E-state index contributed by atoms with van der Waals surface area (Å²) in [6, 6.07) is 1.16. The molecule has 0 amide bonds. The number of nitrogens with zero attached hydrogens (tertiary/aromatic N) is 5. The molecule has 2 aromatic rings. The van der Waals surface area contributed by atoms with Gasteiger partial charge in [-0.2, -0.15) is 13.2 Å². The molecule has 0 spiro atoms. The molecule has 0 bridgehead atoms. The predicted octanol–water partition coefficient (Wildman–Crippen LogP) is 2.23. The van der Waals surface area contributed by atoms with E-state index in [1.54, 1.807) is 0 Å². The number of rotatable bonds is 3. The molecule has 13 heteroatoms. The van der Waals surface area contributed by atoms with Gasteiger partial charge in [-0.1, -0.05) is 0 Å². The third kappa shape index (κ3) is 3.24. The second-order valence-corrected chi connectivity index (χ2v) is 5.38. The van der Waals surface area contributed by atoms with Crippen molar-refractivity contribution in [2.75, 3.05) is 5.84 Å². The fourth-order valence-electron chi connectivity index (χ4n) is 1.25. The van der Waals surface area contributed by atoms with Crippen molar-refractivity contribution >= 4 is 33.4 Å². The van der Waals surface area contributed by atoms with Gasteiger partial charge in [0.2, 0.25) is 5.16 Å². The van der Waals surface area contributed by atoms with Gasteiger partial charge >= 0.3 is 11.9 Å². The SMILES string of the molecule is Nn1c(Sc2ncc(Br)cc2[N+](=O)[O-])nnc1C(F)(F)F. The molecule has 2 aromatic heterocycles. The molecule has 2 heterocycles. The molecule has 0 saturated carbocycles. The van der Waals surface area contributed by atoms with Gasteiger partial charge in [-0.15, -0.1) is 10.2 Å². The highest BCUT2D eigenvalue weighted by molar-refractivity contribution is 9.10. The number of aromatic nitrogens is 4. The van der Waals surface area contributed by atoms with E-state index in [0.717, 1.165) is 6.07 Å². The van der Waals surface area contributed by atoms with E-state index in [1.165, 1.54) is 6.20 Å². The summed E-state index contributed by atoms with van der Waals surface area (Å²) in [4.78, 5) is 13.9. The molecule has 0 fully saturated rings. The first kappa shape index (κ1) is 15.5. The summed E-state index contributed by atoms with van der Waals surface area (Å²) in [5, 5.41) is 16.5. The normalized spacial score (nSPS) is 11.6. The number of hydrogen-bond donors (Lipinski definition) is 1. The highest BCUT2D eigenvalue weighted by atomic mass is 79.9. The van der Waals surface area contributed by atoms with Crippen LogP contribution in [-0.4, -0.2) is 24.8 Å². The number of nitrogens with two attached hydrogens (primary N) is 1. The lowest BCUT2D eigenvalue weighted by molar-refractivity contribution is -0.388. The molecular weight excluding hydrogens is 381 g/mol. The molecular formula is C8H4BrF3N6O2S. The molecule has 21 heavy (non-hydrogen) atoms. The fraction of sp³-hybridized carbons (Fsp3) is 0.125. The molecule has 0 aliphatic rings. The minimum Gasteiger partial charge on any atom is -0.335 e. The zero-order chi connectivity index (χ0) is 15.8. The van der Waals surface area contributed by atoms with Crippen molar-refractivity contribution < 1.29 is 18.1 Å². The number of nitrogen functional groups attached to an aromatic ring is 1. The summed E-state index contributed by atoms with van der Waals surface area (Å²) in [5.74, 6) is 3.83. The Morgan fingerprint density at radius 2 is 2.10 bits per heavy atom. The molecule has 2 rings (SSSR count). The summed E-state index contributed by atoms with van der Waals surface area (Å²) in [6.45, 7) is 0. The zero-order valence-electron chi connectivity index (χ0n) is 9.70. The van der Waals surface area contributed by atoms with Crippen molar-refractivity contribution in [2.45, 2.75) is 16.4 Å². The first-order valence-electron chi connectivity index (χ1n) is 4.95. The van der Waals surface area contributed by atoms with E-state index < -0.39 is 22.6 Å². The van der Waals surface area contributed by atoms with Crippen LogP contribution in [0.25, 0.3) is 0 Å². The molecule has 0 unspecified atom stereocenters. The summed E-state index contributed by atoms with van der Waals surface area (Å²) < 4.78 is 38.1. The topological polar surface area (TPSA) is 113 Å². The number of hydrogen-bond acceptors (Lipinski definition) is 7. The smallest absolute Gasteiger partial charge is 0.335 e. The molecule has 0 aromatic carbocycles. The van der Waals surface area contributed by atoms with Gasteiger partial charge in [-0.05, 0) is 27.7 Å². The van der Waals surface area contributed by atoms with Crippen molar-refractivity contribution in [1.82, 2.24) is 19.9 Å². The Morgan fingerprint density at radius 1 is 1.43 bits per heavy atom. The first-order valence-corrected chi connectivity index (χ1v) is 6.56. The van der Waals surface area contributed by atoms with E-state index >= 15 is 0 Å². The Hall–Kier alpha value is -1.89. The Bertz CT molecular complexity index is 706. The number of pyridine rings is 1. The average molecular weight is 385 g/mol. The van der Waals surface area contributed by atoms with Crippen LogP contribution in [0.15, 0.2) is 26.9 Å². The molecule has 8 nitrogen and oxygen atoms in total. The van der Waals surface area contributed by atoms with Gasteiger partial charge in [0.05, 0.1) is 4.92 Å². The maximum Gasteiger partial charge on any atom is 0.453 e. The van der Waals surface area contributed by atoms with Crippen LogP contribution < -0.4 is 5.84 Å². The number of halogens is 4. The van der Waals surface area contributed by atoms with Crippen LogP contribution in [0.2, 0.25) is 0 Å². The van der Waals surface area contributed by atoms with Crippen molar-refractivity contribution in [3.63, 3.8) is 0 Å². The molecule has 0 aliphatic heterocycles. The summed E-state index contributed by atoms with van der Waals surface area (Å²) in [7, 11) is 0. The van der Waals surface area contributed by atoms with Crippen molar-refractivity contribution in [2.24, 2.45) is 0 Å². The minimum absolute atomic E-state index is 0.156. The lowest BCUT2D eigenvalue weighted by Gasteiger charge is -2.06. The quantitative estimate of drug-likeness (QED) is 0.490. The van der Waals surface area contributed by atoms with Crippen LogP contribution in [0, 0.1) is 10.1 Å². The van der Waals surface area contributed by atoms with Gasteiger partial charge in [0.1, 0.15) is 0 Å². The van der Waals surface area contributed by atoms with E-state index in [-0.39, 0.29) is 14.9 Å².